The number of amides is 3. The SMILES string of the molecule is COC(=O)C1Cc2cc(Br)c(c(Br)c2)Oc2cc(cc(I)c2O)C[C@H](NC(=O)OCc2ccccc2)C(=O)N[C@@H]([C@H](C)OCc2ccccc2)C(=O)N1. The van der Waals surface area contributed by atoms with Crippen molar-refractivity contribution in [3.63, 3.8) is 0 Å². The lowest BCUT2D eigenvalue weighted by atomic mass is 10.0. The van der Waals surface area contributed by atoms with Gasteiger partial charge in [0.1, 0.15) is 24.7 Å². The molecular weight excluding hydrogens is 929 g/mol. The number of rotatable bonds is 8. The van der Waals surface area contributed by atoms with E-state index in [9.17, 15) is 24.3 Å². The number of carbonyl (C=O) groups excluding carboxylic acids is 4. The number of hydrogen-bond acceptors (Lipinski definition) is 9. The number of alkyl carbamates (subject to hydrolysis) is 1. The fourth-order valence-electron chi connectivity index (χ4n) is 5.49. The third-order valence-electron chi connectivity index (χ3n) is 8.27. The summed E-state index contributed by atoms with van der Waals surface area (Å²) in [5.41, 5.74) is 2.71. The van der Waals surface area contributed by atoms with Gasteiger partial charge in [-0.1, -0.05) is 60.7 Å². The Kier molecular flexibility index (Phi) is 14.1. The Morgan fingerprint density at radius 1 is 0.906 bits per heavy atom. The molecule has 0 aliphatic carbocycles. The van der Waals surface area contributed by atoms with Crippen LogP contribution in [-0.4, -0.2) is 60.3 Å². The van der Waals surface area contributed by atoms with Gasteiger partial charge in [-0.2, -0.15) is 0 Å². The quantitative estimate of drug-likeness (QED) is 0.115. The van der Waals surface area contributed by atoms with Gasteiger partial charge in [-0.3, -0.25) is 9.59 Å². The van der Waals surface area contributed by atoms with Crippen molar-refractivity contribution >= 4 is 78.3 Å². The van der Waals surface area contributed by atoms with Gasteiger partial charge in [-0.25, -0.2) is 9.59 Å². The highest BCUT2D eigenvalue weighted by atomic mass is 127. The molecule has 0 saturated heterocycles. The van der Waals surface area contributed by atoms with Gasteiger partial charge >= 0.3 is 12.1 Å². The number of phenolic OH excluding ortho intramolecular Hbond substituents is 1. The van der Waals surface area contributed by atoms with Gasteiger partial charge in [0.25, 0.3) is 0 Å². The summed E-state index contributed by atoms with van der Waals surface area (Å²) in [6.45, 7) is 1.69. The Hall–Kier alpha value is -4.19. The summed E-state index contributed by atoms with van der Waals surface area (Å²) in [5, 5.41) is 19.1. The Balaban J connectivity index is 1.54. The van der Waals surface area contributed by atoms with Gasteiger partial charge < -0.3 is 40.0 Å². The zero-order valence-corrected chi connectivity index (χ0v) is 33.9. The number of benzene rings is 4. The number of ether oxygens (including phenoxy) is 4. The average Bonchev–Trinajstić information content (AvgIpc) is 3.14. The smallest absolute Gasteiger partial charge is 0.408 e. The van der Waals surface area contributed by atoms with Gasteiger partial charge in [-0.15, -0.1) is 0 Å². The predicted octanol–water partition coefficient (Wildman–Crippen LogP) is 6.46. The maximum atomic E-state index is 14.2. The number of methoxy groups -OCH3 is 1. The minimum Gasteiger partial charge on any atom is -0.504 e. The second kappa shape index (κ2) is 18.7. The number of fused-ring (bicyclic) bond motifs is 10. The van der Waals surface area contributed by atoms with E-state index in [1.54, 1.807) is 43.3 Å². The zero-order valence-electron chi connectivity index (χ0n) is 28.6. The molecule has 1 unspecified atom stereocenters. The molecule has 4 atom stereocenters. The molecule has 0 saturated carbocycles. The number of halogens is 3. The molecule has 15 heteroatoms. The molecule has 3 amide bonds. The molecule has 53 heavy (non-hydrogen) atoms. The molecule has 2 aliphatic rings. The average molecular weight is 965 g/mol. The summed E-state index contributed by atoms with van der Waals surface area (Å²) < 4.78 is 24.1. The molecule has 278 valence electrons. The maximum Gasteiger partial charge on any atom is 0.408 e. The first-order valence-electron chi connectivity index (χ1n) is 16.4. The topological polar surface area (TPSA) is 162 Å². The number of aromatic hydroxyl groups is 1. The van der Waals surface area contributed by atoms with Crippen LogP contribution < -0.4 is 20.7 Å². The van der Waals surface area contributed by atoms with Gasteiger partial charge in [-0.05, 0) is 108 Å². The largest absolute Gasteiger partial charge is 0.504 e. The summed E-state index contributed by atoms with van der Waals surface area (Å²) in [7, 11) is 1.21. The van der Waals surface area contributed by atoms with Crippen LogP contribution in [0.2, 0.25) is 0 Å². The predicted molar refractivity (Wildman–Crippen MR) is 210 cm³/mol. The molecule has 4 aromatic rings. The number of phenols is 1. The molecule has 0 aromatic heterocycles. The molecule has 4 aromatic carbocycles. The highest BCUT2D eigenvalue weighted by Gasteiger charge is 2.35. The second-order valence-corrected chi connectivity index (χ2v) is 15.0. The van der Waals surface area contributed by atoms with Gasteiger partial charge in [0.2, 0.25) is 11.8 Å². The fourth-order valence-corrected chi connectivity index (χ4v) is 7.60. The third-order valence-corrected chi connectivity index (χ3v) is 10.3. The molecule has 0 fully saturated rings. The first-order chi connectivity index (χ1) is 25.4. The van der Waals surface area contributed by atoms with Gasteiger partial charge in [0, 0.05) is 12.8 Å². The van der Waals surface area contributed by atoms with Crippen molar-refractivity contribution in [2.75, 3.05) is 7.11 Å². The summed E-state index contributed by atoms with van der Waals surface area (Å²) in [6.07, 6.45) is -1.88. The lowest BCUT2D eigenvalue weighted by Crippen LogP contribution is -2.60. The van der Waals surface area contributed by atoms with Crippen molar-refractivity contribution in [2.24, 2.45) is 0 Å². The molecule has 12 nitrogen and oxygen atoms in total. The van der Waals surface area contributed by atoms with E-state index in [0.717, 1.165) is 11.1 Å². The van der Waals surface area contributed by atoms with E-state index in [2.05, 4.69) is 47.8 Å². The first-order valence-corrected chi connectivity index (χ1v) is 19.1. The number of hydrogen-bond donors (Lipinski definition) is 4. The summed E-state index contributed by atoms with van der Waals surface area (Å²) in [6, 6.07) is 21.2. The van der Waals surface area contributed by atoms with E-state index in [4.69, 9.17) is 18.9 Å². The third kappa shape index (κ3) is 10.9. The van der Waals surface area contributed by atoms with Crippen LogP contribution in [0.3, 0.4) is 0 Å². The van der Waals surface area contributed by atoms with E-state index >= 15 is 0 Å². The molecule has 2 aliphatic heterocycles. The number of carbonyl (C=O) groups is 4. The molecule has 4 N–H and O–H groups in total. The number of nitrogens with one attached hydrogen (secondary N) is 3. The lowest BCUT2D eigenvalue weighted by molar-refractivity contribution is -0.146. The Morgan fingerprint density at radius 2 is 1.51 bits per heavy atom. The molecule has 6 rings (SSSR count). The van der Waals surface area contributed by atoms with E-state index in [1.807, 2.05) is 71.1 Å². The minimum absolute atomic E-state index is 0.00584. The summed E-state index contributed by atoms with van der Waals surface area (Å²) >= 11 is 9.01. The Morgan fingerprint density at radius 3 is 2.13 bits per heavy atom. The highest BCUT2D eigenvalue weighted by molar-refractivity contribution is 14.1. The Bertz CT molecular complexity index is 1930. The van der Waals surface area contributed by atoms with Crippen molar-refractivity contribution in [1.82, 2.24) is 16.0 Å². The van der Waals surface area contributed by atoms with Crippen molar-refractivity contribution in [3.05, 3.63) is 120 Å². The van der Waals surface area contributed by atoms with Crippen LogP contribution in [-0.2, 0) is 54.6 Å². The van der Waals surface area contributed by atoms with E-state index in [1.165, 1.54) is 7.11 Å². The monoisotopic (exact) mass is 963 g/mol. The molecule has 0 radical (unpaired) electrons. The van der Waals surface area contributed by atoms with Crippen LogP contribution in [0, 0.1) is 3.57 Å². The van der Waals surface area contributed by atoms with Crippen LogP contribution in [0.25, 0.3) is 0 Å². The van der Waals surface area contributed by atoms with Crippen LogP contribution in [0.5, 0.6) is 17.2 Å². The molecular formula is C38H36Br2IN3O9. The highest BCUT2D eigenvalue weighted by Crippen LogP contribution is 2.42. The molecule has 0 spiro atoms. The Labute approximate surface area is 336 Å². The van der Waals surface area contributed by atoms with Crippen molar-refractivity contribution in [1.29, 1.82) is 0 Å². The van der Waals surface area contributed by atoms with E-state index < -0.39 is 48.1 Å². The molecule has 4 bridgehead atoms. The van der Waals surface area contributed by atoms with E-state index in [-0.39, 0.29) is 37.6 Å². The van der Waals surface area contributed by atoms with Crippen molar-refractivity contribution < 1.29 is 43.2 Å². The number of esters is 1. The van der Waals surface area contributed by atoms with Crippen molar-refractivity contribution in [3.8, 4) is 17.2 Å². The van der Waals surface area contributed by atoms with Gasteiger partial charge in [0.15, 0.2) is 17.2 Å². The van der Waals surface area contributed by atoms with Crippen LogP contribution in [0.1, 0.15) is 29.2 Å². The lowest BCUT2D eigenvalue weighted by Gasteiger charge is -2.28. The maximum absolute atomic E-state index is 14.2. The zero-order chi connectivity index (χ0) is 38.1. The normalized spacial score (nSPS) is 18.1. The fraction of sp³-hybridized carbons (Fsp3) is 0.263. The van der Waals surface area contributed by atoms with Crippen molar-refractivity contribution in [2.45, 2.75) is 57.2 Å². The van der Waals surface area contributed by atoms with Crippen LogP contribution >= 0.6 is 54.5 Å². The van der Waals surface area contributed by atoms with Crippen LogP contribution in [0.15, 0.2) is 93.9 Å². The first kappa shape index (κ1) is 40.0. The van der Waals surface area contributed by atoms with Crippen LogP contribution in [0.4, 0.5) is 4.79 Å². The van der Waals surface area contributed by atoms with Gasteiger partial charge in [0.05, 0.1) is 32.3 Å². The standard InChI is InChI=1S/C38H36Br2IN3O9/c1-21(51-19-22-9-5-3-6-10-22)32-36(47)42-30(37(48)50-2)17-24-13-26(39)34(27(40)14-24)53-31-18-25(15-28(41)33(31)45)16-29(35(46)44-32)43-38(49)52-20-23-11-7-4-8-12-23/h3-15,18,21,29-30,32,45H,16-17,19-20H2,1-2H3,(H,42,47)(H,43,49)(H,44,46)/t21-,29-,30?,32-/m0/s1. The molecule has 2 heterocycles. The summed E-state index contributed by atoms with van der Waals surface area (Å²) in [5.74, 6) is -1.91. The summed E-state index contributed by atoms with van der Waals surface area (Å²) in [4.78, 5) is 54.5. The second-order valence-electron chi connectivity index (χ2n) is 12.2. The minimum atomic E-state index is -1.33. The van der Waals surface area contributed by atoms with E-state index in [0.29, 0.717) is 29.4 Å².